The van der Waals surface area contributed by atoms with Gasteiger partial charge in [-0.25, -0.2) is 15.0 Å². The van der Waals surface area contributed by atoms with Crippen LogP contribution in [0.25, 0.3) is 16.7 Å². The molecule has 1 amide bonds. The molecule has 4 rings (SSSR count). The van der Waals surface area contributed by atoms with Crippen LogP contribution < -0.4 is 11.1 Å². The van der Waals surface area contributed by atoms with Crippen LogP contribution in [0, 0.1) is 0 Å². The van der Waals surface area contributed by atoms with Crippen molar-refractivity contribution in [1.29, 1.82) is 0 Å². The predicted octanol–water partition coefficient (Wildman–Crippen LogP) is 2.47. The molecule has 0 saturated heterocycles. The molecule has 4 N–H and O–H groups in total. The number of aromatic nitrogens is 4. The van der Waals surface area contributed by atoms with Gasteiger partial charge in [0.1, 0.15) is 11.3 Å². The Morgan fingerprint density at radius 2 is 2.00 bits per heavy atom. The van der Waals surface area contributed by atoms with Gasteiger partial charge >= 0.3 is 0 Å². The second-order valence-corrected chi connectivity index (χ2v) is 8.19. The number of likely N-dealkylation sites (N-methyl/N-ethyl adjacent to an activating group) is 1. The van der Waals surface area contributed by atoms with Gasteiger partial charge in [0.25, 0.3) is 0 Å². The molecule has 9 nitrogen and oxygen atoms in total. The number of amides is 1. The van der Waals surface area contributed by atoms with Gasteiger partial charge in [-0.05, 0) is 44.0 Å². The van der Waals surface area contributed by atoms with Crippen molar-refractivity contribution in [2.45, 2.75) is 26.3 Å². The van der Waals surface area contributed by atoms with Gasteiger partial charge in [0.15, 0.2) is 17.3 Å². The average molecular weight is 434 g/mol. The molecule has 9 heteroatoms. The highest BCUT2D eigenvalue weighted by Gasteiger charge is 2.20. The number of nitrogens with two attached hydrogens (primary N) is 1. The quantitative estimate of drug-likeness (QED) is 0.523. The number of phenolic OH excluding ortho intramolecular Hbond substituents is 1. The number of rotatable bonds is 7. The Balaban J connectivity index is 1.70. The summed E-state index contributed by atoms with van der Waals surface area (Å²) in [4.78, 5) is 27.7. The summed E-state index contributed by atoms with van der Waals surface area (Å²) in [7, 11) is 1.88. The van der Waals surface area contributed by atoms with Crippen molar-refractivity contribution in [2.75, 3.05) is 25.5 Å². The van der Waals surface area contributed by atoms with Crippen LogP contribution in [0.2, 0.25) is 0 Å². The molecule has 1 aromatic carbocycles. The number of nitrogens with zero attached hydrogens (tertiary/aromatic N) is 5. The van der Waals surface area contributed by atoms with E-state index in [1.54, 1.807) is 24.5 Å². The zero-order chi connectivity index (χ0) is 22.8. The van der Waals surface area contributed by atoms with Crippen molar-refractivity contribution in [3.8, 4) is 5.75 Å². The van der Waals surface area contributed by atoms with Crippen LogP contribution in [-0.4, -0.2) is 55.6 Å². The van der Waals surface area contributed by atoms with Crippen LogP contribution in [0.1, 0.15) is 31.3 Å². The first-order chi connectivity index (χ1) is 15.3. The SMILES string of the molecule is CC(C)n1cnc2c(NCCc3ccc(O)cc3)nc(C3=CN(C)CC(C(N)=O)=C3)nc21. The molecule has 0 fully saturated rings. The van der Waals surface area contributed by atoms with E-state index in [0.717, 1.165) is 17.6 Å². The Morgan fingerprint density at radius 1 is 1.25 bits per heavy atom. The van der Waals surface area contributed by atoms with E-state index in [9.17, 15) is 9.90 Å². The lowest BCUT2D eigenvalue weighted by atomic mass is 10.1. The highest BCUT2D eigenvalue weighted by Crippen LogP contribution is 2.27. The summed E-state index contributed by atoms with van der Waals surface area (Å²) in [5.41, 5.74) is 9.26. The van der Waals surface area contributed by atoms with Crippen LogP contribution >= 0.6 is 0 Å². The van der Waals surface area contributed by atoms with Gasteiger partial charge in [-0.15, -0.1) is 0 Å². The van der Waals surface area contributed by atoms with Crippen molar-refractivity contribution in [3.05, 3.63) is 59.8 Å². The van der Waals surface area contributed by atoms with E-state index in [0.29, 0.717) is 41.4 Å². The van der Waals surface area contributed by atoms with Crippen molar-refractivity contribution in [2.24, 2.45) is 5.73 Å². The molecule has 0 radical (unpaired) electrons. The first kappa shape index (κ1) is 21.4. The van der Waals surface area contributed by atoms with E-state index in [4.69, 9.17) is 15.7 Å². The van der Waals surface area contributed by atoms with Crippen LogP contribution in [-0.2, 0) is 11.2 Å². The molecular formula is C23H27N7O2. The average Bonchev–Trinajstić information content (AvgIpc) is 3.19. The van der Waals surface area contributed by atoms with Crippen molar-refractivity contribution in [1.82, 2.24) is 24.4 Å². The van der Waals surface area contributed by atoms with Crippen molar-refractivity contribution in [3.63, 3.8) is 0 Å². The van der Waals surface area contributed by atoms with E-state index >= 15 is 0 Å². The summed E-state index contributed by atoms with van der Waals surface area (Å²) in [5.74, 6) is 0.920. The lowest BCUT2D eigenvalue weighted by Crippen LogP contribution is -2.27. The van der Waals surface area contributed by atoms with Gasteiger partial charge in [0.05, 0.1) is 6.33 Å². The zero-order valence-electron chi connectivity index (χ0n) is 18.4. The van der Waals surface area contributed by atoms with Gasteiger partial charge in [-0.1, -0.05) is 12.1 Å². The Bertz CT molecular complexity index is 1210. The number of imidazole rings is 1. The molecule has 0 atom stereocenters. The molecule has 32 heavy (non-hydrogen) atoms. The molecule has 0 saturated carbocycles. The largest absolute Gasteiger partial charge is 0.508 e. The predicted molar refractivity (Wildman–Crippen MR) is 124 cm³/mol. The lowest BCUT2D eigenvalue weighted by Gasteiger charge is -2.21. The maximum atomic E-state index is 11.8. The van der Waals surface area contributed by atoms with Gasteiger partial charge < -0.3 is 25.6 Å². The van der Waals surface area contributed by atoms with Crippen LogP contribution in [0.15, 0.2) is 48.4 Å². The third kappa shape index (κ3) is 4.41. The van der Waals surface area contributed by atoms with Gasteiger partial charge in [0.2, 0.25) is 5.91 Å². The molecule has 1 aliphatic heterocycles. The number of hydrogen-bond donors (Lipinski definition) is 3. The van der Waals surface area contributed by atoms with E-state index in [1.807, 2.05) is 34.8 Å². The van der Waals surface area contributed by atoms with Crippen molar-refractivity contribution >= 4 is 28.5 Å². The molecule has 0 unspecified atom stereocenters. The summed E-state index contributed by atoms with van der Waals surface area (Å²) in [6, 6.07) is 7.31. The minimum Gasteiger partial charge on any atom is -0.508 e. The second-order valence-electron chi connectivity index (χ2n) is 8.19. The van der Waals surface area contributed by atoms with E-state index in [-0.39, 0.29) is 11.8 Å². The highest BCUT2D eigenvalue weighted by atomic mass is 16.3. The summed E-state index contributed by atoms with van der Waals surface area (Å²) >= 11 is 0. The number of aromatic hydroxyl groups is 1. The molecule has 0 bridgehead atoms. The number of benzene rings is 1. The number of carbonyl (C=O) groups excluding carboxylic acids is 1. The lowest BCUT2D eigenvalue weighted by molar-refractivity contribution is -0.114. The van der Waals surface area contributed by atoms with Crippen LogP contribution in [0.3, 0.4) is 0 Å². The van der Waals surface area contributed by atoms with Crippen LogP contribution in [0.5, 0.6) is 5.75 Å². The number of nitrogens with one attached hydrogen (secondary N) is 1. The van der Waals surface area contributed by atoms with Gasteiger partial charge in [0, 0.05) is 43.5 Å². The third-order valence-electron chi connectivity index (χ3n) is 5.30. The summed E-state index contributed by atoms with van der Waals surface area (Å²) in [6.07, 6.45) is 6.18. The molecule has 3 heterocycles. The molecule has 3 aromatic rings. The van der Waals surface area contributed by atoms with Crippen LogP contribution in [0.4, 0.5) is 5.82 Å². The fourth-order valence-corrected chi connectivity index (χ4v) is 3.63. The fraction of sp³-hybridized carbons (Fsp3) is 0.304. The number of phenols is 1. The van der Waals surface area contributed by atoms with Crippen molar-refractivity contribution < 1.29 is 9.90 Å². The minimum atomic E-state index is -0.456. The first-order valence-corrected chi connectivity index (χ1v) is 10.5. The van der Waals surface area contributed by atoms with E-state index in [2.05, 4.69) is 24.1 Å². The Kier molecular flexibility index (Phi) is 5.81. The number of fused-ring (bicyclic) bond motifs is 1. The highest BCUT2D eigenvalue weighted by molar-refractivity contribution is 5.96. The minimum absolute atomic E-state index is 0.173. The molecule has 1 aliphatic rings. The topological polar surface area (TPSA) is 122 Å². The Labute approximate surface area is 186 Å². The van der Waals surface area contributed by atoms with E-state index in [1.165, 1.54) is 0 Å². The number of anilines is 1. The fourth-order valence-electron chi connectivity index (χ4n) is 3.63. The van der Waals surface area contributed by atoms with Gasteiger partial charge in [-0.3, -0.25) is 4.79 Å². The standard InChI is InChI=1S/C23H27N7O2/c1-14(2)30-13-26-19-22(25-9-8-15-4-6-18(31)7-5-15)27-21(28-23(19)30)17-10-16(20(24)32)11-29(3)12-17/h4-7,10,12-14,31H,8-9,11H2,1-3H3,(H2,24,32)(H,25,27,28). The normalized spacial score (nSPS) is 13.9. The molecular weight excluding hydrogens is 406 g/mol. The Morgan fingerprint density at radius 3 is 2.69 bits per heavy atom. The van der Waals surface area contributed by atoms with Gasteiger partial charge in [-0.2, -0.15) is 0 Å². The summed E-state index contributed by atoms with van der Waals surface area (Å²) < 4.78 is 2.00. The zero-order valence-corrected chi connectivity index (χ0v) is 18.4. The molecule has 2 aromatic heterocycles. The van der Waals surface area contributed by atoms with E-state index < -0.39 is 5.91 Å². The summed E-state index contributed by atoms with van der Waals surface area (Å²) in [5, 5.41) is 12.9. The molecule has 166 valence electrons. The number of allylic oxidation sites excluding steroid dienone is 2. The Hall–Kier alpha value is -3.88. The molecule has 0 aliphatic carbocycles. The number of carbonyl (C=O) groups is 1. The monoisotopic (exact) mass is 433 g/mol. The first-order valence-electron chi connectivity index (χ1n) is 10.5. The maximum absolute atomic E-state index is 11.8. The number of hydrogen-bond acceptors (Lipinski definition) is 7. The second kappa shape index (κ2) is 8.70. The number of primary amides is 1. The summed E-state index contributed by atoms with van der Waals surface area (Å²) in [6.45, 7) is 5.22. The third-order valence-corrected chi connectivity index (χ3v) is 5.30. The molecule has 0 spiro atoms. The smallest absolute Gasteiger partial charge is 0.246 e. The maximum Gasteiger partial charge on any atom is 0.246 e.